The molecule has 1 aromatic heterocycles. The number of nitro benzene ring substituents is 1. The van der Waals surface area contributed by atoms with Crippen LogP contribution >= 0.6 is 11.6 Å². The fourth-order valence-corrected chi connectivity index (χ4v) is 1.66. The first kappa shape index (κ1) is 13.8. The van der Waals surface area contributed by atoms with Gasteiger partial charge in [-0.3, -0.25) is 14.9 Å². The summed E-state index contributed by atoms with van der Waals surface area (Å²) in [7, 11) is 0. The number of nitro groups is 1. The number of nitrogens with zero attached hydrogens (tertiary/aromatic N) is 2. The predicted octanol–water partition coefficient (Wildman–Crippen LogP) is 2.60. The van der Waals surface area contributed by atoms with Gasteiger partial charge in [0.15, 0.2) is 0 Å². The lowest BCUT2D eigenvalue weighted by molar-refractivity contribution is -0.384. The van der Waals surface area contributed by atoms with Crippen LogP contribution in [0.4, 0.5) is 11.4 Å². The normalized spacial score (nSPS) is 10.1. The molecule has 102 valence electrons. The average molecular weight is 294 g/mol. The van der Waals surface area contributed by atoms with E-state index in [-0.39, 0.29) is 22.3 Å². The molecule has 2 N–H and O–H groups in total. The maximum atomic E-state index is 11.9. The molecule has 0 saturated heterocycles. The summed E-state index contributed by atoms with van der Waals surface area (Å²) in [6, 6.07) is 7.87. The second kappa shape index (κ2) is 5.54. The molecule has 2 rings (SSSR count). The van der Waals surface area contributed by atoms with Gasteiger partial charge in [-0.2, -0.15) is 0 Å². The summed E-state index contributed by atoms with van der Waals surface area (Å²) in [5.74, 6) is -0.906. The number of anilines is 1. The highest BCUT2D eigenvalue weighted by Crippen LogP contribution is 2.28. The number of rotatable bonds is 3. The Hall–Kier alpha value is -2.67. The summed E-state index contributed by atoms with van der Waals surface area (Å²) in [4.78, 5) is 25.8. The fraction of sp³-hybridized carbons (Fsp3) is 0. The van der Waals surface area contributed by atoms with Crippen molar-refractivity contribution in [3.8, 4) is 5.75 Å². The Morgan fingerprint density at radius 2 is 2.10 bits per heavy atom. The van der Waals surface area contributed by atoms with Crippen molar-refractivity contribution in [2.75, 3.05) is 5.32 Å². The number of halogens is 1. The van der Waals surface area contributed by atoms with Crippen molar-refractivity contribution >= 4 is 28.9 Å². The number of hydrogen-bond donors (Lipinski definition) is 2. The fourth-order valence-electron chi connectivity index (χ4n) is 1.50. The van der Waals surface area contributed by atoms with Crippen molar-refractivity contribution in [3.05, 3.63) is 57.4 Å². The molecule has 0 fully saturated rings. The molecule has 0 aliphatic carbocycles. The zero-order chi connectivity index (χ0) is 14.7. The van der Waals surface area contributed by atoms with Crippen LogP contribution < -0.4 is 5.32 Å². The number of phenolic OH excluding ortho intramolecular Hbond substituents is 1. The van der Waals surface area contributed by atoms with Gasteiger partial charge < -0.3 is 10.4 Å². The SMILES string of the molecule is O=C(Nc1ccc(O)cc1[N+](=O)[O-])c1cccc(Cl)n1. The molecule has 0 atom stereocenters. The maximum Gasteiger partial charge on any atom is 0.296 e. The Bertz CT molecular complexity index is 690. The molecule has 0 spiro atoms. The number of hydrogen-bond acceptors (Lipinski definition) is 5. The molecule has 0 radical (unpaired) electrons. The van der Waals surface area contributed by atoms with E-state index in [9.17, 15) is 20.0 Å². The van der Waals surface area contributed by atoms with E-state index >= 15 is 0 Å². The van der Waals surface area contributed by atoms with E-state index < -0.39 is 16.5 Å². The van der Waals surface area contributed by atoms with Crippen molar-refractivity contribution in [1.82, 2.24) is 4.98 Å². The molecule has 0 bridgehead atoms. The van der Waals surface area contributed by atoms with Crippen LogP contribution in [0.3, 0.4) is 0 Å². The van der Waals surface area contributed by atoms with Crippen molar-refractivity contribution in [3.63, 3.8) is 0 Å². The smallest absolute Gasteiger partial charge is 0.296 e. The summed E-state index contributed by atoms with van der Waals surface area (Å²) in [6.45, 7) is 0. The van der Waals surface area contributed by atoms with Gasteiger partial charge >= 0.3 is 0 Å². The lowest BCUT2D eigenvalue weighted by Crippen LogP contribution is -2.14. The number of phenols is 1. The number of aromatic hydroxyl groups is 1. The van der Waals surface area contributed by atoms with E-state index in [2.05, 4.69) is 10.3 Å². The minimum Gasteiger partial charge on any atom is -0.508 e. The van der Waals surface area contributed by atoms with E-state index in [1.165, 1.54) is 30.3 Å². The standard InChI is InChI=1S/C12H8ClN3O4/c13-11-3-1-2-9(14-11)12(18)15-8-5-4-7(17)6-10(8)16(19)20/h1-6,17H,(H,15,18). The van der Waals surface area contributed by atoms with Crippen LogP contribution in [0.5, 0.6) is 5.75 Å². The van der Waals surface area contributed by atoms with Crippen molar-refractivity contribution < 1.29 is 14.8 Å². The quantitative estimate of drug-likeness (QED) is 0.391. The molecule has 7 nitrogen and oxygen atoms in total. The van der Waals surface area contributed by atoms with Crippen LogP contribution in [0.15, 0.2) is 36.4 Å². The molecule has 0 unspecified atom stereocenters. The van der Waals surface area contributed by atoms with Crippen LogP contribution in [-0.4, -0.2) is 20.9 Å². The highest BCUT2D eigenvalue weighted by molar-refractivity contribution is 6.29. The lowest BCUT2D eigenvalue weighted by Gasteiger charge is -2.06. The zero-order valence-corrected chi connectivity index (χ0v) is 10.7. The second-order valence-corrected chi connectivity index (χ2v) is 4.15. The van der Waals surface area contributed by atoms with Crippen molar-refractivity contribution in [1.29, 1.82) is 0 Å². The maximum absolute atomic E-state index is 11.9. The van der Waals surface area contributed by atoms with Crippen LogP contribution in [0.1, 0.15) is 10.5 Å². The van der Waals surface area contributed by atoms with E-state index in [0.29, 0.717) is 0 Å². The molecule has 1 amide bonds. The van der Waals surface area contributed by atoms with Crippen LogP contribution in [-0.2, 0) is 0 Å². The average Bonchev–Trinajstić information content (AvgIpc) is 2.40. The van der Waals surface area contributed by atoms with Crippen molar-refractivity contribution in [2.24, 2.45) is 0 Å². The van der Waals surface area contributed by atoms with Gasteiger partial charge in [0.25, 0.3) is 11.6 Å². The largest absolute Gasteiger partial charge is 0.508 e. The number of nitrogens with one attached hydrogen (secondary N) is 1. The minimum atomic E-state index is -0.708. The summed E-state index contributed by atoms with van der Waals surface area (Å²) in [5.41, 5.74) is -0.431. The Balaban J connectivity index is 2.30. The predicted molar refractivity (Wildman–Crippen MR) is 72.0 cm³/mol. The van der Waals surface area contributed by atoms with Gasteiger partial charge in [0.2, 0.25) is 0 Å². The Labute approximate surface area is 118 Å². The van der Waals surface area contributed by atoms with E-state index in [4.69, 9.17) is 11.6 Å². The van der Waals surface area contributed by atoms with Gasteiger partial charge in [0.1, 0.15) is 22.3 Å². The lowest BCUT2D eigenvalue weighted by atomic mass is 10.2. The zero-order valence-electron chi connectivity index (χ0n) is 9.91. The van der Waals surface area contributed by atoms with Crippen LogP contribution in [0.25, 0.3) is 0 Å². The number of amides is 1. The van der Waals surface area contributed by atoms with Crippen molar-refractivity contribution in [2.45, 2.75) is 0 Å². The Morgan fingerprint density at radius 1 is 1.35 bits per heavy atom. The van der Waals surface area contributed by atoms with Crippen LogP contribution in [0, 0.1) is 10.1 Å². The Morgan fingerprint density at radius 3 is 2.75 bits per heavy atom. The second-order valence-electron chi connectivity index (χ2n) is 3.76. The Kier molecular flexibility index (Phi) is 3.81. The molecule has 8 heteroatoms. The number of carbonyl (C=O) groups excluding carboxylic acids is 1. The summed E-state index contributed by atoms with van der Waals surface area (Å²) >= 11 is 5.66. The highest BCUT2D eigenvalue weighted by atomic mass is 35.5. The van der Waals surface area contributed by atoms with E-state index in [1.807, 2.05) is 0 Å². The number of aromatic nitrogens is 1. The summed E-state index contributed by atoms with van der Waals surface area (Å²) < 4.78 is 0. The van der Waals surface area contributed by atoms with Gasteiger partial charge in [0, 0.05) is 0 Å². The van der Waals surface area contributed by atoms with Gasteiger partial charge in [-0.1, -0.05) is 17.7 Å². The monoisotopic (exact) mass is 293 g/mol. The van der Waals surface area contributed by atoms with Gasteiger partial charge in [-0.05, 0) is 24.3 Å². The molecule has 1 heterocycles. The molecule has 0 aliphatic heterocycles. The third-order valence-corrected chi connectivity index (χ3v) is 2.58. The summed E-state index contributed by atoms with van der Waals surface area (Å²) in [5, 5.41) is 22.6. The number of pyridine rings is 1. The highest BCUT2D eigenvalue weighted by Gasteiger charge is 2.18. The minimum absolute atomic E-state index is 0.0277. The van der Waals surface area contributed by atoms with Gasteiger partial charge in [0.05, 0.1) is 11.0 Å². The topological polar surface area (TPSA) is 105 Å². The molecular weight excluding hydrogens is 286 g/mol. The number of carbonyl (C=O) groups is 1. The molecule has 0 saturated carbocycles. The van der Waals surface area contributed by atoms with Crippen LogP contribution in [0.2, 0.25) is 5.15 Å². The third kappa shape index (κ3) is 3.01. The number of benzene rings is 1. The third-order valence-electron chi connectivity index (χ3n) is 2.37. The molecule has 0 aliphatic rings. The first-order valence-electron chi connectivity index (χ1n) is 5.38. The summed E-state index contributed by atoms with van der Waals surface area (Å²) in [6.07, 6.45) is 0. The molecule has 1 aromatic carbocycles. The molecule has 20 heavy (non-hydrogen) atoms. The van der Waals surface area contributed by atoms with E-state index in [1.54, 1.807) is 0 Å². The first-order valence-corrected chi connectivity index (χ1v) is 5.76. The van der Waals surface area contributed by atoms with Gasteiger partial charge in [-0.15, -0.1) is 0 Å². The molecular formula is C12H8ClN3O4. The molecule has 2 aromatic rings. The van der Waals surface area contributed by atoms with Gasteiger partial charge in [-0.25, -0.2) is 4.98 Å². The first-order chi connectivity index (χ1) is 9.47. The van der Waals surface area contributed by atoms with E-state index in [0.717, 1.165) is 6.07 Å².